The normalized spacial score (nSPS) is 11.8. The van der Waals surface area contributed by atoms with E-state index >= 15 is 0 Å². The third-order valence-electron chi connectivity index (χ3n) is 2.52. The first-order valence-corrected chi connectivity index (χ1v) is 6.98. The van der Waals surface area contributed by atoms with E-state index in [4.69, 9.17) is 5.21 Å². The van der Waals surface area contributed by atoms with E-state index in [2.05, 4.69) is 26.6 Å². The molecule has 0 aliphatic carbocycles. The van der Waals surface area contributed by atoms with Gasteiger partial charge in [-0.2, -0.15) is 0 Å². The summed E-state index contributed by atoms with van der Waals surface area (Å²) >= 11 is 3.30. The van der Waals surface area contributed by atoms with Gasteiger partial charge in [0, 0.05) is 10.2 Å². The Kier molecular flexibility index (Phi) is 6.47. The van der Waals surface area contributed by atoms with Crippen LogP contribution in [0.25, 0.3) is 0 Å². The van der Waals surface area contributed by atoms with Crippen LogP contribution >= 0.6 is 15.9 Å². The van der Waals surface area contributed by atoms with E-state index in [1.54, 1.807) is 23.7 Å². The van der Waals surface area contributed by atoms with Gasteiger partial charge in [0.05, 0.1) is 0 Å². The van der Waals surface area contributed by atoms with Gasteiger partial charge in [0.2, 0.25) is 0 Å². The van der Waals surface area contributed by atoms with Gasteiger partial charge in [-0.05, 0) is 30.5 Å². The summed E-state index contributed by atoms with van der Waals surface area (Å²) in [5, 5.41) is 13.8. The number of urea groups is 1. The summed E-state index contributed by atoms with van der Waals surface area (Å²) in [6.07, 6.45) is 0.429. The van der Waals surface area contributed by atoms with Crippen LogP contribution in [0, 0.1) is 5.92 Å². The summed E-state index contributed by atoms with van der Waals surface area (Å²) < 4.78 is 0.835. The molecule has 0 bridgehead atoms. The molecule has 0 spiro atoms. The summed E-state index contributed by atoms with van der Waals surface area (Å²) in [5.74, 6) is -0.438. The molecule has 0 saturated heterocycles. The first-order valence-electron chi connectivity index (χ1n) is 6.19. The fourth-order valence-corrected chi connectivity index (χ4v) is 2.07. The highest BCUT2D eigenvalue weighted by Gasteiger charge is 2.21. The first kappa shape index (κ1) is 16.5. The highest BCUT2D eigenvalue weighted by Crippen LogP contribution is 2.15. The van der Waals surface area contributed by atoms with Crippen molar-refractivity contribution in [3.8, 4) is 0 Å². The maximum atomic E-state index is 11.8. The molecule has 0 fully saturated rings. The highest BCUT2D eigenvalue weighted by molar-refractivity contribution is 9.10. The van der Waals surface area contributed by atoms with Crippen molar-refractivity contribution >= 4 is 33.6 Å². The van der Waals surface area contributed by atoms with E-state index in [-0.39, 0.29) is 5.92 Å². The van der Waals surface area contributed by atoms with E-state index in [0.717, 1.165) is 4.47 Å². The molecule has 0 heterocycles. The molecule has 20 heavy (non-hydrogen) atoms. The number of halogens is 1. The van der Waals surface area contributed by atoms with Crippen LogP contribution in [0.15, 0.2) is 28.7 Å². The molecule has 0 aliphatic rings. The number of amides is 3. The van der Waals surface area contributed by atoms with Gasteiger partial charge in [-0.3, -0.25) is 10.0 Å². The molecule has 6 nitrogen and oxygen atoms in total. The molecule has 3 amide bonds. The lowest BCUT2D eigenvalue weighted by atomic mass is 10.0. The van der Waals surface area contributed by atoms with Gasteiger partial charge >= 0.3 is 6.03 Å². The fraction of sp³-hybridized carbons (Fsp3) is 0.385. The minimum absolute atomic E-state index is 0.198. The summed E-state index contributed by atoms with van der Waals surface area (Å²) in [7, 11) is 0. The smallest absolute Gasteiger partial charge is 0.319 e. The van der Waals surface area contributed by atoms with Gasteiger partial charge in [-0.15, -0.1) is 0 Å². The zero-order valence-corrected chi connectivity index (χ0v) is 12.9. The number of benzene rings is 1. The molecule has 0 aromatic heterocycles. The van der Waals surface area contributed by atoms with Crippen LogP contribution in [-0.2, 0) is 4.79 Å². The summed E-state index contributed by atoms with van der Waals surface area (Å²) in [4.78, 5) is 23.3. The molecule has 0 aliphatic heterocycles. The molecular formula is C13H18BrN3O3. The van der Waals surface area contributed by atoms with Gasteiger partial charge in [-0.1, -0.05) is 35.8 Å². The van der Waals surface area contributed by atoms with Crippen LogP contribution in [0.3, 0.4) is 0 Å². The lowest BCUT2D eigenvalue weighted by molar-refractivity contribution is -0.131. The summed E-state index contributed by atoms with van der Waals surface area (Å²) in [6.45, 7) is 3.84. The monoisotopic (exact) mass is 343 g/mol. The summed E-state index contributed by atoms with van der Waals surface area (Å²) in [5.41, 5.74) is 2.16. The molecule has 1 atom stereocenters. The largest absolute Gasteiger partial charge is 0.326 e. The second kappa shape index (κ2) is 7.86. The first-order chi connectivity index (χ1) is 9.42. The SMILES string of the molecule is CC(C)C[C@H](NC(=O)Nc1cccc(Br)c1)C(=O)NO. The molecule has 1 aromatic rings. The fourth-order valence-electron chi connectivity index (χ4n) is 1.67. The highest BCUT2D eigenvalue weighted by atomic mass is 79.9. The van der Waals surface area contributed by atoms with Crippen LogP contribution in [0.4, 0.5) is 10.5 Å². The molecule has 1 rings (SSSR count). The maximum absolute atomic E-state index is 11.8. The number of rotatable bonds is 5. The van der Waals surface area contributed by atoms with Crippen molar-refractivity contribution in [2.45, 2.75) is 26.3 Å². The Bertz CT molecular complexity index is 480. The Morgan fingerprint density at radius 2 is 2.05 bits per heavy atom. The van der Waals surface area contributed by atoms with Crippen molar-refractivity contribution in [2.75, 3.05) is 5.32 Å². The second-order valence-corrected chi connectivity index (χ2v) is 5.68. The number of carbonyl (C=O) groups excluding carboxylic acids is 2. The van der Waals surface area contributed by atoms with Crippen LogP contribution in [-0.4, -0.2) is 23.2 Å². The van der Waals surface area contributed by atoms with Crippen molar-refractivity contribution in [1.82, 2.24) is 10.8 Å². The quantitative estimate of drug-likeness (QED) is 0.489. The zero-order valence-electron chi connectivity index (χ0n) is 11.3. The number of anilines is 1. The van der Waals surface area contributed by atoms with Crippen LogP contribution < -0.4 is 16.1 Å². The number of carbonyl (C=O) groups is 2. The predicted octanol–water partition coefficient (Wildman–Crippen LogP) is 2.49. The predicted molar refractivity (Wildman–Crippen MR) is 79.5 cm³/mol. The molecular weight excluding hydrogens is 326 g/mol. The number of hydroxylamine groups is 1. The average Bonchev–Trinajstić information content (AvgIpc) is 2.36. The van der Waals surface area contributed by atoms with Crippen LogP contribution in [0.2, 0.25) is 0 Å². The third kappa shape index (κ3) is 5.58. The Labute approximate surface area is 126 Å². The standard InChI is InChI=1S/C13H18BrN3O3/c1-8(2)6-11(12(18)17-20)16-13(19)15-10-5-3-4-9(14)7-10/h3-5,7-8,11,20H,6H2,1-2H3,(H,17,18)(H2,15,16,19)/t11-/m0/s1. The molecule has 4 N–H and O–H groups in total. The van der Waals surface area contributed by atoms with E-state index < -0.39 is 18.0 Å². The zero-order chi connectivity index (χ0) is 15.1. The lowest BCUT2D eigenvalue weighted by Gasteiger charge is -2.18. The molecule has 110 valence electrons. The minimum atomic E-state index is -0.785. The van der Waals surface area contributed by atoms with Crippen molar-refractivity contribution in [3.05, 3.63) is 28.7 Å². The van der Waals surface area contributed by atoms with Gasteiger partial charge in [-0.25, -0.2) is 10.3 Å². The van der Waals surface area contributed by atoms with E-state index in [1.807, 2.05) is 19.9 Å². The molecule has 0 saturated carbocycles. The van der Waals surface area contributed by atoms with Crippen molar-refractivity contribution in [3.63, 3.8) is 0 Å². The Morgan fingerprint density at radius 3 is 2.60 bits per heavy atom. The van der Waals surface area contributed by atoms with Crippen LogP contribution in [0.5, 0.6) is 0 Å². The topological polar surface area (TPSA) is 90.5 Å². The van der Waals surface area contributed by atoms with Crippen molar-refractivity contribution in [1.29, 1.82) is 0 Å². The Balaban J connectivity index is 2.64. The third-order valence-corrected chi connectivity index (χ3v) is 3.01. The molecule has 0 unspecified atom stereocenters. The minimum Gasteiger partial charge on any atom is -0.326 e. The molecule has 1 aromatic carbocycles. The molecule has 7 heteroatoms. The van der Waals surface area contributed by atoms with Gasteiger partial charge in [0.25, 0.3) is 5.91 Å². The molecule has 0 radical (unpaired) electrons. The average molecular weight is 344 g/mol. The maximum Gasteiger partial charge on any atom is 0.319 e. The van der Waals surface area contributed by atoms with Crippen LogP contribution in [0.1, 0.15) is 20.3 Å². The van der Waals surface area contributed by atoms with E-state index in [1.165, 1.54) is 0 Å². The number of hydrogen-bond acceptors (Lipinski definition) is 3. The van der Waals surface area contributed by atoms with Crippen molar-refractivity contribution in [2.24, 2.45) is 5.92 Å². The number of hydrogen-bond donors (Lipinski definition) is 4. The lowest BCUT2D eigenvalue weighted by Crippen LogP contribution is -2.48. The number of nitrogens with one attached hydrogen (secondary N) is 3. The van der Waals surface area contributed by atoms with E-state index in [0.29, 0.717) is 12.1 Å². The second-order valence-electron chi connectivity index (χ2n) is 4.77. The summed E-state index contributed by atoms with van der Waals surface area (Å²) in [6, 6.07) is 5.80. The Morgan fingerprint density at radius 1 is 1.35 bits per heavy atom. The van der Waals surface area contributed by atoms with Gasteiger partial charge < -0.3 is 10.6 Å². The van der Waals surface area contributed by atoms with Gasteiger partial charge in [0.1, 0.15) is 6.04 Å². The Hall–Kier alpha value is -1.60. The van der Waals surface area contributed by atoms with Gasteiger partial charge in [0.15, 0.2) is 0 Å². The van der Waals surface area contributed by atoms with E-state index in [9.17, 15) is 9.59 Å². The van der Waals surface area contributed by atoms with Crippen molar-refractivity contribution < 1.29 is 14.8 Å².